The van der Waals surface area contributed by atoms with Crippen LogP contribution in [0.2, 0.25) is 10.0 Å². The molecule has 2 heterocycles. The highest BCUT2D eigenvalue weighted by atomic mass is 35.5. The zero-order chi connectivity index (χ0) is 26.9. The molecule has 0 aliphatic carbocycles. The molecule has 1 aromatic heterocycles. The third-order valence-electron chi connectivity index (χ3n) is 5.54. The summed E-state index contributed by atoms with van der Waals surface area (Å²) in [5.74, 6) is -0.838. The number of nitrogens with one attached hydrogen (secondary N) is 2. The van der Waals surface area contributed by atoms with E-state index in [0.717, 1.165) is 18.7 Å². The number of hydrogen-bond acceptors (Lipinski definition) is 8. The van der Waals surface area contributed by atoms with Crippen LogP contribution in [0.1, 0.15) is 36.3 Å². The molecule has 1 aliphatic rings. The number of morpholine rings is 1. The fraction of sp³-hybridized carbons (Fsp3) is 0.500. The molecule has 1 fully saturated rings. The molecule has 1 aliphatic heterocycles. The average Bonchev–Trinajstić information content (AvgIpc) is 3.32. The van der Waals surface area contributed by atoms with Crippen LogP contribution in [0.15, 0.2) is 27.9 Å². The SMILES string of the molecule is CC(C)C[C@H](NC(=O)c1csc(SCC(=O)NC[C@H]2CN(Cc3ccc(Cl)c(Cl)c3)CCO2)n1)C(N)=O. The summed E-state index contributed by atoms with van der Waals surface area (Å²) in [7, 11) is 0. The maximum Gasteiger partial charge on any atom is 0.271 e. The summed E-state index contributed by atoms with van der Waals surface area (Å²) in [6.07, 6.45) is 0.329. The van der Waals surface area contributed by atoms with Gasteiger partial charge in [0.2, 0.25) is 11.8 Å². The van der Waals surface area contributed by atoms with Gasteiger partial charge in [-0.3, -0.25) is 19.3 Å². The minimum absolute atomic E-state index is 0.121. The van der Waals surface area contributed by atoms with Crippen LogP contribution in [0.5, 0.6) is 0 Å². The first kappa shape index (κ1) is 29.7. The van der Waals surface area contributed by atoms with Crippen molar-refractivity contribution in [3.05, 3.63) is 44.9 Å². The Bertz CT molecular complexity index is 1100. The number of nitrogens with two attached hydrogens (primary N) is 1. The van der Waals surface area contributed by atoms with E-state index in [9.17, 15) is 14.4 Å². The molecule has 9 nitrogen and oxygen atoms in total. The van der Waals surface area contributed by atoms with E-state index < -0.39 is 17.9 Å². The van der Waals surface area contributed by atoms with Crippen LogP contribution in [-0.4, -0.2) is 71.7 Å². The smallest absolute Gasteiger partial charge is 0.271 e. The second-order valence-corrected chi connectivity index (χ2v) is 12.0. The molecule has 1 saturated heterocycles. The topological polar surface area (TPSA) is 127 Å². The molecule has 13 heteroatoms. The molecule has 0 unspecified atom stereocenters. The summed E-state index contributed by atoms with van der Waals surface area (Å²) in [4.78, 5) is 43.0. The van der Waals surface area contributed by atoms with E-state index in [4.69, 9.17) is 33.7 Å². The number of hydrogen-bond donors (Lipinski definition) is 3. The van der Waals surface area contributed by atoms with Crippen LogP contribution in [-0.2, 0) is 20.9 Å². The Labute approximate surface area is 234 Å². The summed E-state index contributed by atoms with van der Waals surface area (Å²) in [5, 5.41) is 8.20. The van der Waals surface area contributed by atoms with Gasteiger partial charge in [0.25, 0.3) is 5.91 Å². The van der Waals surface area contributed by atoms with E-state index in [1.54, 1.807) is 11.4 Å². The van der Waals surface area contributed by atoms with Crippen LogP contribution >= 0.6 is 46.3 Å². The fourth-order valence-corrected chi connectivity index (χ4v) is 5.68. The summed E-state index contributed by atoms with van der Waals surface area (Å²) >= 11 is 14.6. The van der Waals surface area contributed by atoms with E-state index in [0.29, 0.717) is 40.5 Å². The Morgan fingerprint density at radius 3 is 2.78 bits per heavy atom. The van der Waals surface area contributed by atoms with E-state index in [-0.39, 0.29) is 29.4 Å². The lowest BCUT2D eigenvalue weighted by Crippen LogP contribution is -2.47. The molecule has 0 bridgehead atoms. The second-order valence-electron chi connectivity index (χ2n) is 9.13. The number of primary amides is 1. The van der Waals surface area contributed by atoms with Gasteiger partial charge in [-0.2, -0.15) is 0 Å². The minimum Gasteiger partial charge on any atom is -0.374 e. The number of benzene rings is 1. The molecule has 3 amide bonds. The largest absolute Gasteiger partial charge is 0.374 e. The fourth-order valence-electron chi connectivity index (χ4n) is 3.73. The van der Waals surface area contributed by atoms with Crippen molar-refractivity contribution >= 4 is 64.0 Å². The first-order valence-corrected chi connectivity index (χ1v) is 14.5. The number of carbonyl (C=O) groups is 3. The maximum atomic E-state index is 12.4. The van der Waals surface area contributed by atoms with Gasteiger partial charge >= 0.3 is 0 Å². The van der Waals surface area contributed by atoms with E-state index in [1.165, 1.54) is 23.1 Å². The lowest BCUT2D eigenvalue weighted by atomic mass is 10.0. The zero-order valence-electron chi connectivity index (χ0n) is 20.7. The van der Waals surface area contributed by atoms with Crippen molar-refractivity contribution in [2.24, 2.45) is 11.7 Å². The molecule has 0 radical (unpaired) electrons. The lowest BCUT2D eigenvalue weighted by Gasteiger charge is -2.33. The van der Waals surface area contributed by atoms with E-state index in [2.05, 4.69) is 20.5 Å². The average molecular weight is 589 g/mol. The number of nitrogens with zero attached hydrogens (tertiary/aromatic N) is 2. The van der Waals surface area contributed by atoms with Gasteiger partial charge in [0.15, 0.2) is 4.34 Å². The normalized spacial score (nSPS) is 16.9. The Morgan fingerprint density at radius 1 is 1.30 bits per heavy atom. The third-order valence-corrected chi connectivity index (χ3v) is 8.30. The summed E-state index contributed by atoms with van der Waals surface area (Å²) in [6.45, 7) is 7.05. The number of thiazole rings is 1. The molecule has 3 rings (SSSR count). The van der Waals surface area contributed by atoms with Gasteiger partial charge < -0.3 is 21.1 Å². The predicted octanol–water partition coefficient (Wildman–Crippen LogP) is 3.19. The van der Waals surface area contributed by atoms with E-state index in [1.807, 2.05) is 26.0 Å². The Kier molecular flexibility index (Phi) is 11.5. The van der Waals surface area contributed by atoms with Crippen molar-refractivity contribution < 1.29 is 19.1 Å². The molecule has 2 atom stereocenters. The summed E-state index contributed by atoms with van der Waals surface area (Å²) in [5.41, 5.74) is 6.65. The van der Waals surface area contributed by atoms with Crippen LogP contribution in [0.25, 0.3) is 0 Å². The quantitative estimate of drug-likeness (QED) is 0.325. The molecular formula is C24H31Cl2N5O4S2. The van der Waals surface area contributed by atoms with Crippen LogP contribution in [0, 0.1) is 5.92 Å². The number of carbonyl (C=O) groups excluding carboxylic acids is 3. The first-order chi connectivity index (χ1) is 17.6. The van der Waals surface area contributed by atoms with Crippen molar-refractivity contribution in [3.63, 3.8) is 0 Å². The van der Waals surface area contributed by atoms with Crippen LogP contribution < -0.4 is 16.4 Å². The Hall–Kier alpha value is -1.89. The highest BCUT2D eigenvalue weighted by molar-refractivity contribution is 8.01. The highest BCUT2D eigenvalue weighted by Crippen LogP contribution is 2.24. The number of halogens is 2. The maximum absolute atomic E-state index is 12.4. The van der Waals surface area contributed by atoms with Gasteiger partial charge in [-0.05, 0) is 30.0 Å². The third kappa shape index (κ3) is 9.73. The number of amides is 3. The highest BCUT2D eigenvalue weighted by Gasteiger charge is 2.23. The second kappa shape index (κ2) is 14.3. The summed E-state index contributed by atoms with van der Waals surface area (Å²) < 4.78 is 6.39. The van der Waals surface area contributed by atoms with Crippen molar-refractivity contribution in [3.8, 4) is 0 Å². The first-order valence-electron chi connectivity index (χ1n) is 11.8. The molecule has 0 saturated carbocycles. The Balaban J connectivity index is 1.40. The van der Waals surface area contributed by atoms with Crippen molar-refractivity contribution in [2.75, 3.05) is 32.0 Å². The number of rotatable bonds is 12. The van der Waals surface area contributed by atoms with E-state index >= 15 is 0 Å². The van der Waals surface area contributed by atoms with Gasteiger partial charge in [0, 0.05) is 31.6 Å². The van der Waals surface area contributed by atoms with Crippen LogP contribution in [0.4, 0.5) is 0 Å². The molecule has 0 spiro atoms. The minimum atomic E-state index is -0.752. The molecule has 2 aromatic rings. The van der Waals surface area contributed by atoms with Gasteiger partial charge in [0.05, 0.1) is 28.5 Å². The van der Waals surface area contributed by atoms with Gasteiger partial charge in [0.1, 0.15) is 11.7 Å². The van der Waals surface area contributed by atoms with Crippen molar-refractivity contribution in [1.82, 2.24) is 20.5 Å². The monoisotopic (exact) mass is 587 g/mol. The lowest BCUT2D eigenvalue weighted by molar-refractivity contribution is -0.120. The standard InChI is InChI=1S/C24H31Cl2N5O4S2/c1-14(2)7-19(22(27)33)29-23(34)20-12-36-24(30-20)37-13-21(32)28-9-16-11-31(5-6-35-16)10-15-3-4-17(25)18(26)8-15/h3-4,8,12,14,16,19H,5-7,9-11,13H2,1-2H3,(H2,27,33)(H,28,32)(H,29,34)/t16-,19-/m0/s1. The number of ether oxygens (including phenoxy) is 1. The van der Waals surface area contributed by atoms with Crippen molar-refractivity contribution in [2.45, 2.75) is 43.3 Å². The Morgan fingerprint density at radius 2 is 2.08 bits per heavy atom. The summed E-state index contributed by atoms with van der Waals surface area (Å²) in [6, 6.07) is 4.85. The van der Waals surface area contributed by atoms with Gasteiger partial charge in [-0.15, -0.1) is 11.3 Å². The van der Waals surface area contributed by atoms with Crippen LogP contribution in [0.3, 0.4) is 0 Å². The molecule has 1 aromatic carbocycles. The van der Waals surface area contributed by atoms with Crippen molar-refractivity contribution in [1.29, 1.82) is 0 Å². The predicted molar refractivity (Wildman–Crippen MR) is 147 cm³/mol. The number of thioether (sulfide) groups is 1. The molecule has 4 N–H and O–H groups in total. The van der Waals surface area contributed by atoms with Gasteiger partial charge in [-0.25, -0.2) is 4.98 Å². The molecular weight excluding hydrogens is 557 g/mol. The zero-order valence-corrected chi connectivity index (χ0v) is 23.8. The molecule has 37 heavy (non-hydrogen) atoms. The molecule has 202 valence electrons. The number of aromatic nitrogens is 1. The van der Waals surface area contributed by atoms with Gasteiger partial charge in [-0.1, -0.05) is 54.9 Å².